The van der Waals surface area contributed by atoms with E-state index in [1.807, 2.05) is 14.1 Å². The van der Waals surface area contributed by atoms with E-state index < -0.39 is 0 Å². The number of amides is 1. The van der Waals surface area contributed by atoms with Gasteiger partial charge in [-0.15, -0.1) is 0 Å². The fourth-order valence-corrected chi connectivity index (χ4v) is 4.94. The zero-order valence-electron chi connectivity index (χ0n) is 16.0. The zero-order valence-corrected chi connectivity index (χ0v) is 16.0. The molecule has 5 heteroatoms. The van der Waals surface area contributed by atoms with E-state index in [-0.39, 0.29) is 11.3 Å². The van der Waals surface area contributed by atoms with E-state index in [1.54, 1.807) is 4.90 Å². The summed E-state index contributed by atoms with van der Waals surface area (Å²) in [5.74, 6) is 0.202. The maximum Gasteiger partial charge on any atom is 0.236 e. The lowest BCUT2D eigenvalue weighted by Gasteiger charge is -2.40. The molecule has 26 heavy (non-hydrogen) atoms. The van der Waals surface area contributed by atoms with Gasteiger partial charge in [-0.2, -0.15) is 0 Å². The smallest absolute Gasteiger partial charge is 0.236 e. The average Bonchev–Trinajstić information content (AvgIpc) is 3.25. The van der Waals surface area contributed by atoms with E-state index in [9.17, 15) is 4.79 Å². The Morgan fingerprint density at radius 1 is 1.31 bits per heavy atom. The number of ether oxygens (including phenoxy) is 1. The summed E-state index contributed by atoms with van der Waals surface area (Å²) in [6.45, 7) is 4.28. The van der Waals surface area contributed by atoms with E-state index in [0.717, 1.165) is 45.6 Å². The molecule has 5 nitrogen and oxygen atoms in total. The summed E-state index contributed by atoms with van der Waals surface area (Å²) < 4.78 is 5.56. The summed E-state index contributed by atoms with van der Waals surface area (Å²) in [5.41, 5.74) is 3.29. The van der Waals surface area contributed by atoms with Crippen molar-refractivity contribution in [1.82, 2.24) is 15.1 Å². The molecule has 2 fully saturated rings. The molecule has 2 saturated heterocycles. The molecular formula is C21H31N3O2. The molecule has 1 spiro atoms. The van der Waals surface area contributed by atoms with Crippen LogP contribution in [-0.2, 0) is 14.9 Å². The van der Waals surface area contributed by atoms with Gasteiger partial charge in [-0.25, -0.2) is 0 Å². The first-order valence-electron chi connectivity index (χ1n) is 9.93. The minimum Gasteiger partial charge on any atom is -0.380 e. The van der Waals surface area contributed by atoms with Crippen molar-refractivity contribution in [1.29, 1.82) is 0 Å². The zero-order chi connectivity index (χ0) is 18.1. The average molecular weight is 357 g/mol. The Morgan fingerprint density at radius 3 is 2.77 bits per heavy atom. The topological polar surface area (TPSA) is 44.8 Å². The van der Waals surface area contributed by atoms with Crippen molar-refractivity contribution < 1.29 is 9.53 Å². The normalized spacial score (nSPS) is 27.6. The highest BCUT2D eigenvalue weighted by Gasteiger charge is 2.45. The highest BCUT2D eigenvalue weighted by atomic mass is 16.5. The number of carbonyl (C=O) groups is 1. The van der Waals surface area contributed by atoms with Gasteiger partial charge in [0, 0.05) is 32.8 Å². The number of likely N-dealkylation sites (tertiary alicyclic amines) is 1. The highest BCUT2D eigenvalue weighted by Crippen LogP contribution is 2.50. The van der Waals surface area contributed by atoms with Crippen molar-refractivity contribution in [3.05, 3.63) is 35.4 Å². The van der Waals surface area contributed by atoms with Crippen molar-refractivity contribution in [3.8, 4) is 0 Å². The van der Waals surface area contributed by atoms with Crippen LogP contribution in [0.3, 0.4) is 0 Å². The third-order valence-corrected chi connectivity index (χ3v) is 6.54. The van der Waals surface area contributed by atoms with Gasteiger partial charge in [-0.1, -0.05) is 24.3 Å². The van der Waals surface area contributed by atoms with Gasteiger partial charge >= 0.3 is 0 Å². The fraction of sp³-hybridized carbons (Fsp3) is 0.667. The molecule has 1 aliphatic carbocycles. The van der Waals surface area contributed by atoms with Crippen LogP contribution in [0.4, 0.5) is 0 Å². The highest BCUT2D eigenvalue weighted by molar-refractivity contribution is 5.77. The Morgan fingerprint density at radius 2 is 2.08 bits per heavy atom. The molecule has 0 aromatic heterocycles. The molecule has 142 valence electrons. The minimum atomic E-state index is 0.202. The molecule has 0 bridgehead atoms. The Balaban J connectivity index is 1.46. The molecule has 2 unspecified atom stereocenters. The van der Waals surface area contributed by atoms with Crippen LogP contribution in [0.2, 0.25) is 0 Å². The summed E-state index contributed by atoms with van der Waals surface area (Å²) in [6, 6.07) is 9.92. The predicted molar refractivity (Wildman–Crippen MR) is 102 cm³/mol. The molecule has 1 aromatic carbocycles. The number of piperidine rings is 1. The summed E-state index contributed by atoms with van der Waals surface area (Å²) in [4.78, 5) is 16.0. The number of rotatable bonds is 4. The molecule has 3 aliphatic rings. The first-order chi connectivity index (χ1) is 12.6. The van der Waals surface area contributed by atoms with Gasteiger partial charge in [0.2, 0.25) is 5.91 Å². The number of fused-ring (bicyclic) bond motifs is 2. The van der Waals surface area contributed by atoms with Crippen LogP contribution in [0, 0.1) is 0 Å². The summed E-state index contributed by atoms with van der Waals surface area (Å²) in [7, 11) is 3.67. The van der Waals surface area contributed by atoms with Crippen LogP contribution in [0.5, 0.6) is 0 Å². The maximum absolute atomic E-state index is 12.0. The molecule has 2 aliphatic heterocycles. The molecule has 2 heterocycles. The number of nitrogens with zero attached hydrogens (tertiary/aromatic N) is 2. The van der Waals surface area contributed by atoms with E-state index >= 15 is 0 Å². The Kier molecular flexibility index (Phi) is 5.04. The van der Waals surface area contributed by atoms with Crippen molar-refractivity contribution in [2.24, 2.45) is 0 Å². The van der Waals surface area contributed by atoms with E-state index in [1.165, 1.54) is 17.5 Å². The lowest BCUT2D eigenvalue weighted by Crippen LogP contribution is -2.45. The Hall–Kier alpha value is -1.43. The molecule has 1 aromatic rings. The molecule has 0 saturated carbocycles. The quantitative estimate of drug-likeness (QED) is 0.894. The van der Waals surface area contributed by atoms with Crippen molar-refractivity contribution in [3.63, 3.8) is 0 Å². The van der Waals surface area contributed by atoms with E-state index in [4.69, 9.17) is 4.74 Å². The number of hydrogen-bond acceptors (Lipinski definition) is 4. The maximum atomic E-state index is 12.0. The largest absolute Gasteiger partial charge is 0.380 e. The van der Waals surface area contributed by atoms with Gasteiger partial charge in [-0.3, -0.25) is 9.69 Å². The van der Waals surface area contributed by atoms with Gasteiger partial charge < -0.3 is 15.0 Å². The number of carbonyl (C=O) groups excluding carboxylic acids is 1. The summed E-state index contributed by atoms with van der Waals surface area (Å²) in [6.07, 6.45) is 4.58. The standard InChI is InChI=1S/C21H31N3O2/c1-23(2)20(25)14-24-10-8-21(9-11-24)13-19(22-16-7-12-26-15-16)17-5-3-4-6-18(17)21/h3-6,16,19,22H,7-15H2,1-2H3. The SMILES string of the molecule is CN(C)C(=O)CN1CCC2(CC1)CC(NC1CCOC1)c1ccccc12. The summed E-state index contributed by atoms with van der Waals surface area (Å²) >= 11 is 0. The lowest BCUT2D eigenvalue weighted by molar-refractivity contribution is -0.130. The number of hydrogen-bond donors (Lipinski definition) is 1. The second-order valence-electron chi connectivity index (χ2n) is 8.42. The van der Waals surface area contributed by atoms with Crippen molar-refractivity contribution in [2.75, 3.05) is 46.9 Å². The lowest BCUT2D eigenvalue weighted by atomic mass is 9.73. The second-order valence-corrected chi connectivity index (χ2v) is 8.42. The molecular weight excluding hydrogens is 326 g/mol. The van der Waals surface area contributed by atoms with Crippen LogP contribution >= 0.6 is 0 Å². The Labute approximate surface area is 156 Å². The fourth-order valence-electron chi connectivity index (χ4n) is 4.94. The number of benzene rings is 1. The first kappa shape index (κ1) is 18.0. The minimum absolute atomic E-state index is 0.202. The van der Waals surface area contributed by atoms with E-state index in [2.05, 4.69) is 34.5 Å². The van der Waals surface area contributed by atoms with Gasteiger partial charge in [0.05, 0.1) is 13.2 Å². The van der Waals surface area contributed by atoms with Crippen LogP contribution in [0.1, 0.15) is 42.9 Å². The first-order valence-corrected chi connectivity index (χ1v) is 9.93. The van der Waals surface area contributed by atoms with Crippen LogP contribution in [0.25, 0.3) is 0 Å². The Bertz CT molecular complexity index is 646. The van der Waals surface area contributed by atoms with E-state index in [0.29, 0.717) is 18.6 Å². The van der Waals surface area contributed by atoms with Crippen molar-refractivity contribution in [2.45, 2.75) is 43.2 Å². The molecule has 2 atom stereocenters. The van der Waals surface area contributed by atoms with Crippen LogP contribution in [0.15, 0.2) is 24.3 Å². The van der Waals surface area contributed by atoms with Gasteiger partial charge in [0.15, 0.2) is 0 Å². The molecule has 0 radical (unpaired) electrons. The molecule has 4 rings (SSSR count). The number of likely N-dealkylation sites (N-methyl/N-ethyl adjacent to an activating group) is 1. The van der Waals surface area contributed by atoms with Crippen LogP contribution < -0.4 is 5.32 Å². The third kappa shape index (κ3) is 3.40. The number of nitrogens with one attached hydrogen (secondary N) is 1. The van der Waals surface area contributed by atoms with Gasteiger partial charge in [-0.05, 0) is 55.3 Å². The van der Waals surface area contributed by atoms with Crippen LogP contribution in [-0.4, -0.2) is 68.7 Å². The van der Waals surface area contributed by atoms with Gasteiger partial charge in [0.25, 0.3) is 0 Å². The molecule has 1 N–H and O–H groups in total. The summed E-state index contributed by atoms with van der Waals surface area (Å²) in [5, 5.41) is 3.86. The third-order valence-electron chi connectivity index (χ3n) is 6.54. The predicted octanol–water partition coefficient (Wildman–Crippen LogP) is 1.93. The van der Waals surface area contributed by atoms with Gasteiger partial charge in [0.1, 0.15) is 0 Å². The monoisotopic (exact) mass is 357 g/mol. The second kappa shape index (κ2) is 7.29. The molecule has 1 amide bonds. The van der Waals surface area contributed by atoms with Crippen molar-refractivity contribution >= 4 is 5.91 Å².